The van der Waals surface area contributed by atoms with Crippen molar-refractivity contribution in [1.82, 2.24) is 19.7 Å². The van der Waals surface area contributed by atoms with Gasteiger partial charge in [-0.2, -0.15) is 5.10 Å². The number of carbonyl (C=O) groups is 1. The largest absolute Gasteiger partial charge is 0.484 e. The Kier molecular flexibility index (Phi) is 5.86. The summed E-state index contributed by atoms with van der Waals surface area (Å²) in [4.78, 5) is 18.1. The second-order valence-corrected chi connectivity index (χ2v) is 6.40. The molecule has 3 rings (SSSR count). The topological polar surface area (TPSA) is 60.2 Å². The van der Waals surface area contributed by atoms with Crippen molar-refractivity contribution < 1.29 is 9.53 Å². The van der Waals surface area contributed by atoms with Crippen LogP contribution in [0.4, 0.5) is 0 Å². The maximum Gasteiger partial charge on any atom is 0.260 e. The summed E-state index contributed by atoms with van der Waals surface area (Å²) in [5, 5.41) is 4.11. The minimum atomic E-state index is -0.0672. The molecule has 6 nitrogen and oxygen atoms in total. The summed E-state index contributed by atoms with van der Waals surface area (Å²) >= 11 is 0. The van der Waals surface area contributed by atoms with E-state index >= 15 is 0 Å². The quantitative estimate of drug-likeness (QED) is 0.644. The number of carbonyl (C=O) groups excluding carboxylic acids is 1. The fraction of sp³-hybridized carbons (Fsp3) is 0.286. The van der Waals surface area contributed by atoms with Crippen molar-refractivity contribution >= 4 is 5.91 Å². The molecule has 0 fully saturated rings. The first-order valence-electron chi connectivity index (χ1n) is 9.01. The molecular weight excluding hydrogens is 340 g/mol. The van der Waals surface area contributed by atoms with E-state index < -0.39 is 0 Å². The van der Waals surface area contributed by atoms with Crippen molar-refractivity contribution in [2.75, 3.05) is 13.7 Å². The summed E-state index contributed by atoms with van der Waals surface area (Å²) in [7, 11) is 1.79. The molecule has 0 aliphatic heterocycles. The molecule has 1 atom stereocenters. The van der Waals surface area contributed by atoms with E-state index in [1.807, 2.05) is 55.5 Å². The molecule has 0 aliphatic rings. The summed E-state index contributed by atoms with van der Waals surface area (Å²) in [6.45, 7) is 4.12. The van der Waals surface area contributed by atoms with E-state index in [1.165, 1.54) is 11.9 Å². The molecule has 1 amide bonds. The predicted molar refractivity (Wildman–Crippen MR) is 104 cm³/mol. The lowest BCUT2D eigenvalue weighted by Crippen LogP contribution is -2.33. The molecule has 6 heteroatoms. The average Bonchev–Trinajstić information content (AvgIpc) is 3.26. The van der Waals surface area contributed by atoms with Crippen LogP contribution in [0.3, 0.4) is 0 Å². The highest BCUT2D eigenvalue weighted by atomic mass is 16.5. The lowest BCUT2D eigenvalue weighted by atomic mass is 10.1. The van der Waals surface area contributed by atoms with Crippen LogP contribution in [-0.2, 0) is 11.2 Å². The highest BCUT2D eigenvalue weighted by Gasteiger charge is 2.18. The number of hydrogen-bond donors (Lipinski definition) is 0. The van der Waals surface area contributed by atoms with Crippen LogP contribution in [0.2, 0.25) is 0 Å². The fourth-order valence-electron chi connectivity index (χ4n) is 2.75. The van der Waals surface area contributed by atoms with Crippen LogP contribution < -0.4 is 4.74 Å². The molecule has 0 aliphatic carbocycles. The van der Waals surface area contributed by atoms with Crippen LogP contribution in [0.15, 0.2) is 61.2 Å². The predicted octanol–water partition coefficient (Wildman–Crippen LogP) is 3.43. The van der Waals surface area contributed by atoms with Crippen LogP contribution >= 0.6 is 0 Å². The Bertz CT molecular complexity index is 858. The van der Waals surface area contributed by atoms with Crippen molar-refractivity contribution in [3.63, 3.8) is 0 Å². The number of aryl methyl sites for hydroxylation is 1. The maximum absolute atomic E-state index is 12.5. The van der Waals surface area contributed by atoms with Gasteiger partial charge in [-0.05, 0) is 48.7 Å². The third kappa shape index (κ3) is 4.53. The van der Waals surface area contributed by atoms with Gasteiger partial charge in [0.2, 0.25) is 0 Å². The molecule has 27 heavy (non-hydrogen) atoms. The van der Waals surface area contributed by atoms with Gasteiger partial charge in [0.25, 0.3) is 5.91 Å². The summed E-state index contributed by atoms with van der Waals surface area (Å²) in [6, 6.07) is 15.7. The van der Waals surface area contributed by atoms with E-state index in [-0.39, 0.29) is 18.6 Å². The standard InChI is InChI=1S/C21H24N4O2/c1-4-17-5-11-20(12-6-17)27-13-21(26)24(3)16(2)18-7-9-19(10-8-18)25-15-22-14-23-25/h5-12,14-16H,4,13H2,1-3H3. The molecule has 0 spiro atoms. The first-order chi connectivity index (χ1) is 13.1. The number of hydrogen-bond acceptors (Lipinski definition) is 4. The lowest BCUT2D eigenvalue weighted by Gasteiger charge is -2.25. The molecular formula is C21H24N4O2. The molecule has 140 valence electrons. The Hall–Kier alpha value is -3.15. The molecule has 2 aromatic carbocycles. The second kappa shape index (κ2) is 8.49. The third-order valence-corrected chi connectivity index (χ3v) is 4.73. The van der Waals surface area contributed by atoms with Crippen molar-refractivity contribution in [3.8, 4) is 11.4 Å². The SMILES string of the molecule is CCc1ccc(OCC(=O)N(C)C(C)c2ccc(-n3cncn3)cc2)cc1. The van der Waals surface area contributed by atoms with Gasteiger partial charge in [0.15, 0.2) is 6.61 Å². The minimum absolute atomic E-state index is 0.0172. The van der Waals surface area contributed by atoms with Gasteiger partial charge in [-0.25, -0.2) is 9.67 Å². The Morgan fingerprint density at radius 2 is 1.85 bits per heavy atom. The Morgan fingerprint density at radius 3 is 2.44 bits per heavy atom. The second-order valence-electron chi connectivity index (χ2n) is 6.40. The fourth-order valence-corrected chi connectivity index (χ4v) is 2.75. The van der Waals surface area contributed by atoms with Gasteiger partial charge < -0.3 is 9.64 Å². The van der Waals surface area contributed by atoms with Gasteiger partial charge in [0.1, 0.15) is 18.4 Å². The lowest BCUT2D eigenvalue weighted by molar-refractivity contribution is -0.134. The zero-order valence-electron chi connectivity index (χ0n) is 15.9. The monoisotopic (exact) mass is 364 g/mol. The van der Waals surface area contributed by atoms with E-state index in [0.29, 0.717) is 5.75 Å². The zero-order chi connectivity index (χ0) is 19.2. The highest BCUT2D eigenvalue weighted by Crippen LogP contribution is 2.21. The molecule has 0 N–H and O–H groups in total. The van der Waals surface area contributed by atoms with Crippen LogP contribution in [0, 0.1) is 0 Å². The number of aromatic nitrogens is 3. The molecule has 1 unspecified atom stereocenters. The minimum Gasteiger partial charge on any atom is -0.484 e. The number of amides is 1. The van der Waals surface area contributed by atoms with Gasteiger partial charge in [-0.3, -0.25) is 4.79 Å². The molecule has 1 aromatic heterocycles. The van der Waals surface area contributed by atoms with Gasteiger partial charge in [-0.15, -0.1) is 0 Å². The van der Waals surface area contributed by atoms with Crippen molar-refractivity contribution in [2.45, 2.75) is 26.3 Å². The summed E-state index contributed by atoms with van der Waals surface area (Å²) < 4.78 is 7.33. The zero-order valence-corrected chi connectivity index (χ0v) is 15.9. The molecule has 0 saturated carbocycles. The van der Waals surface area contributed by atoms with Crippen LogP contribution in [0.1, 0.15) is 31.0 Å². The molecule has 1 heterocycles. The van der Waals surface area contributed by atoms with E-state index in [0.717, 1.165) is 17.7 Å². The smallest absolute Gasteiger partial charge is 0.260 e. The Balaban J connectivity index is 1.58. The first kappa shape index (κ1) is 18.6. The van der Waals surface area contributed by atoms with Gasteiger partial charge in [-0.1, -0.05) is 31.2 Å². The number of rotatable bonds is 7. The molecule has 0 saturated heterocycles. The maximum atomic E-state index is 12.5. The first-order valence-corrected chi connectivity index (χ1v) is 9.01. The number of benzene rings is 2. The van der Waals surface area contributed by atoms with Crippen LogP contribution in [0.25, 0.3) is 5.69 Å². The van der Waals surface area contributed by atoms with E-state index in [9.17, 15) is 4.79 Å². The average molecular weight is 364 g/mol. The molecule has 0 bridgehead atoms. The number of ether oxygens (including phenoxy) is 1. The number of nitrogens with zero attached hydrogens (tertiary/aromatic N) is 4. The van der Waals surface area contributed by atoms with E-state index in [1.54, 1.807) is 23.0 Å². The summed E-state index contributed by atoms with van der Waals surface area (Å²) in [6.07, 6.45) is 4.13. The molecule has 0 radical (unpaired) electrons. The summed E-state index contributed by atoms with van der Waals surface area (Å²) in [5.74, 6) is 0.640. The van der Waals surface area contributed by atoms with Crippen molar-refractivity contribution in [3.05, 3.63) is 72.3 Å². The Morgan fingerprint density at radius 1 is 1.15 bits per heavy atom. The third-order valence-electron chi connectivity index (χ3n) is 4.73. The van der Waals surface area contributed by atoms with E-state index in [4.69, 9.17) is 4.74 Å². The molecule has 3 aromatic rings. The normalized spacial score (nSPS) is 11.8. The van der Waals surface area contributed by atoms with Gasteiger partial charge >= 0.3 is 0 Å². The van der Waals surface area contributed by atoms with Crippen LogP contribution in [0.5, 0.6) is 5.75 Å². The van der Waals surface area contributed by atoms with Crippen molar-refractivity contribution in [1.29, 1.82) is 0 Å². The van der Waals surface area contributed by atoms with Gasteiger partial charge in [0.05, 0.1) is 11.7 Å². The van der Waals surface area contributed by atoms with Gasteiger partial charge in [0, 0.05) is 7.05 Å². The van der Waals surface area contributed by atoms with E-state index in [2.05, 4.69) is 17.0 Å². The highest BCUT2D eigenvalue weighted by molar-refractivity contribution is 5.78. The van der Waals surface area contributed by atoms with Crippen molar-refractivity contribution in [2.24, 2.45) is 0 Å². The van der Waals surface area contributed by atoms with Crippen LogP contribution in [-0.4, -0.2) is 39.2 Å². The Labute approximate surface area is 159 Å². The summed E-state index contributed by atoms with van der Waals surface area (Å²) in [5.41, 5.74) is 3.21. The number of likely N-dealkylation sites (N-methyl/N-ethyl adjacent to an activating group) is 1.